The smallest absolute Gasteiger partial charge is 0.504 e. The number of aromatic hydroxyl groups is 2. The Hall–Kier alpha value is -3.03. The number of nitrogens with zero attached hydrogens (tertiary/aromatic N) is 2. The molecule has 0 fully saturated rings. The third-order valence-electron chi connectivity index (χ3n) is 4.43. The first-order valence-electron chi connectivity index (χ1n) is 10.6. The summed E-state index contributed by atoms with van der Waals surface area (Å²) in [6.07, 6.45) is 7.06. The molecule has 9 heteroatoms. The van der Waals surface area contributed by atoms with Crippen molar-refractivity contribution in [3.8, 4) is 23.0 Å². The van der Waals surface area contributed by atoms with Crippen molar-refractivity contribution >= 4 is 18.4 Å². The number of phenols is 2. The standard InChI is InChI=1S/C22H26N2O4.C2H4O2.Mn/c25-21-17-7-5-9-19(21)27-13-3-1-2-4-14-28-20-10-6-8-18(22(20)26)16-24-12-11-23-15-17;1-2(3)4;/h5-10,15-16,25-26H,1-4,11-14H2;1H3,(H,3,4);/q;;+2. The monoisotopic (exact) mass is 497 g/mol. The molecule has 1 aliphatic rings. The number of hydrogen-bond acceptors (Lipinski definition) is 7. The van der Waals surface area contributed by atoms with E-state index < -0.39 is 5.97 Å². The van der Waals surface area contributed by atoms with Crippen molar-refractivity contribution in [3.63, 3.8) is 0 Å². The number of carbonyl (C=O) groups is 1. The maximum Gasteiger partial charge on any atom is 2.00 e. The summed E-state index contributed by atoms with van der Waals surface area (Å²) < 4.78 is 11.4. The maximum absolute atomic E-state index is 10.3. The van der Waals surface area contributed by atoms with Gasteiger partial charge in [-0.1, -0.05) is 12.1 Å². The van der Waals surface area contributed by atoms with Crippen molar-refractivity contribution < 1.29 is 46.7 Å². The molecule has 0 aliphatic carbocycles. The normalized spacial score (nSPS) is 14.3. The van der Waals surface area contributed by atoms with Crippen molar-refractivity contribution in [2.24, 2.45) is 9.98 Å². The van der Waals surface area contributed by atoms with E-state index in [0.717, 1.165) is 32.6 Å². The third kappa shape index (κ3) is 10.4. The Kier molecular flexibility index (Phi) is 13.3. The molecule has 8 nitrogen and oxygen atoms in total. The summed E-state index contributed by atoms with van der Waals surface area (Å²) in [6.45, 7) is 3.12. The van der Waals surface area contributed by atoms with Gasteiger partial charge in [-0.05, 0) is 49.9 Å². The van der Waals surface area contributed by atoms with Crippen molar-refractivity contribution in [1.29, 1.82) is 0 Å². The van der Waals surface area contributed by atoms with Crippen molar-refractivity contribution in [2.45, 2.75) is 32.6 Å². The first-order valence-corrected chi connectivity index (χ1v) is 10.6. The molecule has 1 aliphatic heterocycles. The average Bonchev–Trinajstić information content (AvgIpc) is 2.75. The summed E-state index contributed by atoms with van der Waals surface area (Å²) in [4.78, 5) is 17.6. The summed E-state index contributed by atoms with van der Waals surface area (Å²) in [5, 5.41) is 28.1. The van der Waals surface area contributed by atoms with Crippen LogP contribution < -0.4 is 9.47 Å². The number of phenolic OH excluding ortho intramolecular Hbond substituents is 2. The minimum absolute atomic E-state index is 0. The fourth-order valence-electron chi connectivity index (χ4n) is 2.88. The van der Waals surface area contributed by atoms with Crippen LogP contribution in [0, 0.1) is 0 Å². The first kappa shape index (κ1) is 28.0. The van der Waals surface area contributed by atoms with Crippen LogP contribution in [0.25, 0.3) is 0 Å². The molecule has 3 rings (SSSR count). The number of aliphatic imine (C=N–C) groups is 2. The molecule has 4 bridgehead atoms. The molecule has 33 heavy (non-hydrogen) atoms. The number of carboxylic acids is 1. The molecule has 0 spiro atoms. The van der Waals surface area contributed by atoms with Crippen LogP contribution >= 0.6 is 0 Å². The second kappa shape index (κ2) is 15.7. The molecule has 0 atom stereocenters. The van der Waals surface area contributed by atoms with Gasteiger partial charge in [0.05, 0.1) is 26.3 Å². The van der Waals surface area contributed by atoms with Crippen LogP contribution in [0.4, 0.5) is 0 Å². The van der Waals surface area contributed by atoms with E-state index in [0.29, 0.717) is 48.9 Å². The Labute approximate surface area is 204 Å². The van der Waals surface area contributed by atoms with Gasteiger partial charge >= 0.3 is 17.1 Å². The van der Waals surface area contributed by atoms with Gasteiger partial charge in [0.25, 0.3) is 5.97 Å². The summed E-state index contributed by atoms with van der Waals surface area (Å²) in [6, 6.07) is 10.8. The van der Waals surface area contributed by atoms with Crippen LogP contribution in [-0.4, -0.2) is 60.0 Å². The summed E-state index contributed by atoms with van der Waals surface area (Å²) >= 11 is 0. The van der Waals surface area contributed by atoms with Gasteiger partial charge in [-0.25, -0.2) is 0 Å². The number of fused-ring (bicyclic) bond motifs is 4. The predicted octanol–water partition coefficient (Wildman–Crippen LogP) is 4.06. The van der Waals surface area contributed by atoms with Gasteiger partial charge in [0.2, 0.25) is 0 Å². The molecular formula is C24H30MnN2O6+2. The molecule has 177 valence electrons. The zero-order chi connectivity index (χ0) is 23.2. The molecule has 0 aromatic heterocycles. The molecule has 0 saturated heterocycles. The zero-order valence-electron chi connectivity index (χ0n) is 18.6. The van der Waals surface area contributed by atoms with E-state index >= 15 is 0 Å². The minimum atomic E-state index is -0.833. The molecule has 2 aromatic carbocycles. The molecule has 2 aromatic rings. The topological polar surface area (TPSA) is 121 Å². The molecule has 1 radical (unpaired) electrons. The Morgan fingerprint density at radius 1 is 0.788 bits per heavy atom. The van der Waals surface area contributed by atoms with E-state index in [9.17, 15) is 10.2 Å². The van der Waals surface area contributed by atoms with Crippen molar-refractivity contribution in [3.05, 3.63) is 47.5 Å². The number of hydrogen-bond donors (Lipinski definition) is 3. The summed E-state index contributed by atoms with van der Waals surface area (Å²) in [5.74, 6) is 0.348. The quantitative estimate of drug-likeness (QED) is 0.472. The fourth-order valence-corrected chi connectivity index (χ4v) is 2.88. The number of aliphatic carboxylic acids is 1. The second-order valence-corrected chi connectivity index (χ2v) is 7.09. The molecule has 0 saturated carbocycles. The number of carboxylic acid groups (broad SMARTS) is 1. The minimum Gasteiger partial charge on any atom is -0.504 e. The van der Waals surface area contributed by atoms with Crippen molar-refractivity contribution in [1.82, 2.24) is 0 Å². The number of benzene rings is 2. The maximum atomic E-state index is 10.3. The number of ether oxygens (including phenoxy) is 2. The zero-order valence-corrected chi connectivity index (χ0v) is 19.8. The van der Waals surface area contributed by atoms with Gasteiger partial charge in [0.15, 0.2) is 23.0 Å². The summed E-state index contributed by atoms with van der Waals surface area (Å²) in [7, 11) is 0. The predicted molar refractivity (Wildman–Crippen MR) is 124 cm³/mol. The van der Waals surface area contributed by atoms with Gasteiger partial charge in [0, 0.05) is 30.5 Å². The van der Waals surface area contributed by atoms with Crippen LogP contribution in [0.5, 0.6) is 23.0 Å². The van der Waals surface area contributed by atoms with Gasteiger partial charge in [-0.3, -0.25) is 14.8 Å². The fraction of sp³-hybridized carbons (Fsp3) is 0.375. The van der Waals surface area contributed by atoms with E-state index in [2.05, 4.69) is 9.98 Å². The van der Waals surface area contributed by atoms with Crippen LogP contribution in [0.2, 0.25) is 0 Å². The Morgan fingerprint density at radius 2 is 1.18 bits per heavy atom. The molecule has 1 heterocycles. The van der Waals surface area contributed by atoms with Gasteiger partial charge in [-0.15, -0.1) is 0 Å². The van der Waals surface area contributed by atoms with E-state index in [-0.39, 0.29) is 28.6 Å². The Morgan fingerprint density at radius 3 is 1.58 bits per heavy atom. The van der Waals surface area contributed by atoms with Gasteiger partial charge in [0.1, 0.15) is 0 Å². The van der Waals surface area contributed by atoms with Gasteiger partial charge in [-0.2, -0.15) is 0 Å². The Bertz CT molecular complexity index is 860. The van der Waals surface area contributed by atoms with Crippen molar-refractivity contribution in [2.75, 3.05) is 26.3 Å². The average molecular weight is 497 g/mol. The Balaban J connectivity index is 0.00000101. The third-order valence-corrected chi connectivity index (χ3v) is 4.43. The van der Waals surface area contributed by atoms with Crippen LogP contribution in [0.3, 0.4) is 0 Å². The molecule has 0 unspecified atom stereocenters. The SMILES string of the molecule is CC(=O)O.Oc1c2cccc1OCCCCCCOc1cccc(c1O)C=NCCN=C2.[Mn+2]. The van der Waals surface area contributed by atoms with E-state index in [4.69, 9.17) is 19.4 Å². The molecular weight excluding hydrogens is 467 g/mol. The summed E-state index contributed by atoms with van der Waals surface area (Å²) in [5.41, 5.74) is 1.25. The molecule has 3 N–H and O–H groups in total. The largest absolute Gasteiger partial charge is 2.00 e. The first-order chi connectivity index (χ1) is 15.5. The molecule has 0 amide bonds. The number of rotatable bonds is 0. The van der Waals surface area contributed by atoms with Crippen LogP contribution in [-0.2, 0) is 21.9 Å². The van der Waals surface area contributed by atoms with Crippen LogP contribution in [0.15, 0.2) is 46.4 Å². The van der Waals surface area contributed by atoms with Gasteiger partial charge < -0.3 is 24.8 Å². The van der Waals surface area contributed by atoms with E-state index in [1.54, 1.807) is 36.7 Å². The number of para-hydroxylation sites is 2. The van der Waals surface area contributed by atoms with E-state index in [1.165, 1.54) is 0 Å². The van der Waals surface area contributed by atoms with Crippen LogP contribution in [0.1, 0.15) is 43.7 Å². The second-order valence-electron chi connectivity index (χ2n) is 7.09. The van der Waals surface area contributed by atoms with E-state index in [1.807, 2.05) is 12.1 Å².